The second-order valence-electron chi connectivity index (χ2n) is 9.60. The summed E-state index contributed by atoms with van der Waals surface area (Å²) in [6.45, 7) is 6.81. The predicted octanol–water partition coefficient (Wildman–Crippen LogP) is 6.66. The van der Waals surface area contributed by atoms with Crippen LogP contribution in [-0.2, 0) is 17.6 Å². The molecule has 1 heterocycles. The van der Waals surface area contributed by atoms with Gasteiger partial charge in [-0.15, -0.1) is 0 Å². The lowest BCUT2D eigenvalue weighted by molar-refractivity contribution is -0.133. The van der Waals surface area contributed by atoms with Crippen LogP contribution in [0.25, 0.3) is 16.6 Å². The Morgan fingerprint density at radius 3 is 2.30 bits per heavy atom. The molecule has 0 saturated heterocycles. The van der Waals surface area contributed by atoms with Crippen LogP contribution >= 0.6 is 0 Å². The first-order chi connectivity index (χ1) is 18.0. The molecule has 1 amide bonds. The minimum atomic E-state index is -0.374. The number of nitrogens with zero attached hydrogens (tertiary/aromatic N) is 3. The number of hydrogen-bond acceptors (Lipinski definition) is 3. The maximum atomic E-state index is 13.8. The standard InChI is InChI=1S/C32H37N3O2/c1-4-6-8-17-30(36)34(23-22-26-13-9-7-10-14-26)24(3)31-33-29-16-12-11-15-28(29)32(37)35(31)27-20-18-25(5-2)19-21-27/h7,9-16,18-21,24H,4-6,8,17,22-23H2,1-3H3. The van der Waals surface area contributed by atoms with Crippen molar-refractivity contribution in [3.63, 3.8) is 0 Å². The molecule has 5 nitrogen and oxygen atoms in total. The molecule has 4 aromatic rings. The maximum Gasteiger partial charge on any atom is 0.266 e. The summed E-state index contributed by atoms with van der Waals surface area (Å²) in [5, 5.41) is 0.572. The fourth-order valence-electron chi connectivity index (χ4n) is 4.80. The van der Waals surface area contributed by atoms with Crippen LogP contribution in [0.2, 0.25) is 0 Å². The summed E-state index contributed by atoms with van der Waals surface area (Å²) in [6.07, 6.45) is 5.11. The third-order valence-corrected chi connectivity index (χ3v) is 7.04. The Hall–Kier alpha value is -3.73. The summed E-state index contributed by atoms with van der Waals surface area (Å²) in [4.78, 5) is 34.2. The van der Waals surface area contributed by atoms with Gasteiger partial charge in [0.2, 0.25) is 5.91 Å². The Morgan fingerprint density at radius 1 is 0.892 bits per heavy atom. The molecular weight excluding hydrogens is 458 g/mol. The monoisotopic (exact) mass is 495 g/mol. The van der Waals surface area contributed by atoms with Crippen LogP contribution in [0.5, 0.6) is 0 Å². The van der Waals surface area contributed by atoms with Crippen LogP contribution in [0.4, 0.5) is 0 Å². The van der Waals surface area contributed by atoms with Gasteiger partial charge in [-0.25, -0.2) is 4.98 Å². The first kappa shape index (κ1) is 26.3. The van der Waals surface area contributed by atoms with Gasteiger partial charge in [0.1, 0.15) is 5.82 Å². The lowest BCUT2D eigenvalue weighted by Gasteiger charge is -2.31. The van der Waals surface area contributed by atoms with Crippen molar-refractivity contribution in [2.24, 2.45) is 0 Å². The third kappa shape index (κ3) is 6.16. The summed E-state index contributed by atoms with van der Waals surface area (Å²) in [5.41, 5.74) is 3.69. The number of rotatable bonds is 11. The molecule has 5 heteroatoms. The van der Waals surface area contributed by atoms with Gasteiger partial charge < -0.3 is 4.90 Å². The van der Waals surface area contributed by atoms with Crippen LogP contribution in [0.3, 0.4) is 0 Å². The Balaban J connectivity index is 1.79. The van der Waals surface area contributed by atoms with Crippen molar-refractivity contribution in [1.29, 1.82) is 0 Å². The molecule has 192 valence electrons. The number of amides is 1. The van der Waals surface area contributed by atoms with Crippen LogP contribution in [0.1, 0.15) is 69.4 Å². The van der Waals surface area contributed by atoms with E-state index >= 15 is 0 Å². The van der Waals surface area contributed by atoms with E-state index in [4.69, 9.17) is 4.98 Å². The largest absolute Gasteiger partial charge is 0.332 e. The molecule has 0 radical (unpaired) electrons. The van der Waals surface area contributed by atoms with Crippen molar-refractivity contribution in [3.05, 3.63) is 106 Å². The Bertz CT molecular complexity index is 1380. The second kappa shape index (κ2) is 12.5. The minimum absolute atomic E-state index is 0.104. The molecule has 0 saturated carbocycles. The third-order valence-electron chi connectivity index (χ3n) is 7.04. The van der Waals surface area contributed by atoms with Gasteiger partial charge in [-0.05, 0) is 61.6 Å². The zero-order valence-electron chi connectivity index (χ0n) is 22.2. The molecular formula is C32H37N3O2. The van der Waals surface area contributed by atoms with E-state index in [1.165, 1.54) is 11.1 Å². The SMILES string of the molecule is CCCCCC(=O)N(CCc1ccccc1)C(C)c1nc2ccccc2c(=O)n1-c1ccc(CC)cc1. The van der Waals surface area contributed by atoms with Crippen molar-refractivity contribution in [2.45, 2.75) is 65.3 Å². The number of carbonyl (C=O) groups excluding carboxylic acids is 1. The Labute approximate surface area is 219 Å². The van der Waals surface area contributed by atoms with Gasteiger partial charge in [-0.1, -0.05) is 81.3 Å². The van der Waals surface area contributed by atoms with Crippen LogP contribution in [0, 0.1) is 0 Å². The molecule has 0 spiro atoms. The van der Waals surface area contributed by atoms with Gasteiger partial charge >= 0.3 is 0 Å². The van der Waals surface area contributed by atoms with Crippen molar-refractivity contribution in [3.8, 4) is 5.69 Å². The average Bonchev–Trinajstić information content (AvgIpc) is 2.94. The van der Waals surface area contributed by atoms with Gasteiger partial charge in [0.05, 0.1) is 22.6 Å². The van der Waals surface area contributed by atoms with E-state index in [1.54, 1.807) is 4.57 Å². The lowest BCUT2D eigenvalue weighted by Crippen LogP contribution is -2.38. The number of aryl methyl sites for hydroxylation is 1. The normalized spacial score (nSPS) is 12.0. The van der Waals surface area contributed by atoms with E-state index in [1.807, 2.05) is 66.4 Å². The molecule has 1 unspecified atom stereocenters. The quantitative estimate of drug-likeness (QED) is 0.219. The summed E-state index contributed by atoms with van der Waals surface area (Å²) in [6, 6.07) is 25.3. The van der Waals surface area contributed by atoms with Crippen LogP contribution in [-0.4, -0.2) is 26.9 Å². The van der Waals surface area contributed by atoms with E-state index in [2.05, 4.69) is 38.1 Å². The van der Waals surface area contributed by atoms with Gasteiger partial charge in [-0.3, -0.25) is 14.2 Å². The van der Waals surface area contributed by atoms with E-state index in [-0.39, 0.29) is 17.5 Å². The highest BCUT2D eigenvalue weighted by molar-refractivity contribution is 5.79. The van der Waals surface area contributed by atoms with E-state index in [0.717, 1.165) is 37.8 Å². The fraction of sp³-hybridized carbons (Fsp3) is 0.344. The molecule has 0 aliphatic carbocycles. The van der Waals surface area contributed by atoms with Crippen LogP contribution in [0.15, 0.2) is 83.7 Å². The Morgan fingerprint density at radius 2 is 1.59 bits per heavy atom. The highest BCUT2D eigenvalue weighted by Gasteiger charge is 2.26. The molecule has 0 fully saturated rings. The number of aromatic nitrogens is 2. The second-order valence-corrected chi connectivity index (χ2v) is 9.60. The smallest absolute Gasteiger partial charge is 0.266 e. The van der Waals surface area contributed by atoms with E-state index < -0.39 is 0 Å². The van der Waals surface area contributed by atoms with Crippen molar-refractivity contribution >= 4 is 16.8 Å². The number of benzene rings is 3. The molecule has 1 atom stereocenters. The molecule has 0 N–H and O–H groups in total. The van der Waals surface area contributed by atoms with Crippen LogP contribution < -0.4 is 5.56 Å². The molecule has 3 aromatic carbocycles. The zero-order chi connectivity index (χ0) is 26.2. The summed E-state index contributed by atoms with van der Waals surface area (Å²) >= 11 is 0. The average molecular weight is 496 g/mol. The highest BCUT2D eigenvalue weighted by Crippen LogP contribution is 2.25. The number of fused-ring (bicyclic) bond motifs is 1. The van der Waals surface area contributed by atoms with Crippen molar-refractivity contribution in [1.82, 2.24) is 14.5 Å². The number of carbonyl (C=O) groups is 1. The summed E-state index contributed by atoms with van der Waals surface area (Å²) in [7, 11) is 0. The Kier molecular flexibility index (Phi) is 8.89. The van der Waals surface area contributed by atoms with Crippen molar-refractivity contribution < 1.29 is 4.79 Å². The molecule has 37 heavy (non-hydrogen) atoms. The fourth-order valence-corrected chi connectivity index (χ4v) is 4.80. The molecule has 0 bridgehead atoms. The number of para-hydroxylation sites is 1. The van der Waals surface area contributed by atoms with Gasteiger partial charge in [0, 0.05) is 13.0 Å². The highest BCUT2D eigenvalue weighted by atomic mass is 16.2. The molecule has 1 aromatic heterocycles. The van der Waals surface area contributed by atoms with E-state index in [9.17, 15) is 9.59 Å². The maximum absolute atomic E-state index is 13.8. The van der Waals surface area contributed by atoms with E-state index in [0.29, 0.717) is 29.7 Å². The van der Waals surface area contributed by atoms with Gasteiger partial charge in [0.15, 0.2) is 0 Å². The summed E-state index contributed by atoms with van der Waals surface area (Å²) in [5.74, 6) is 0.692. The number of unbranched alkanes of at least 4 members (excludes halogenated alkanes) is 2. The first-order valence-corrected chi connectivity index (χ1v) is 13.5. The zero-order valence-corrected chi connectivity index (χ0v) is 22.2. The predicted molar refractivity (Wildman–Crippen MR) is 151 cm³/mol. The summed E-state index contributed by atoms with van der Waals surface area (Å²) < 4.78 is 1.70. The minimum Gasteiger partial charge on any atom is -0.332 e. The first-order valence-electron chi connectivity index (χ1n) is 13.5. The number of hydrogen-bond donors (Lipinski definition) is 0. The molecule has 0 aliphatic heterocycles. The van der Waals surface area contributed by atoms with Gasteiger partial charge in [-0.2, -0.15) is 0 Å². The molecule has 0 aliphatic rings. The molecule has 4 rings (SSSR count). The topological polar surface area (TPSA) is 55.2 Å². The lowest BCUT2D eigenvalue weighted by atomic mass is 10.1. The van der Waals surface area contributed by atoms with Crippen molar-refractivity contribution in [2.75, 3.05) is 6.54 Å². The van der Waals surface area contributed by atoms with Gasteiger partial charge in [0.25, 0.3) is 5.56 Å².